The molecule has 1 aromatic carbocycles. The number of hydrogen-bond donors (Lipinski definition) is 0. The van der Waals surface area contributed by atoms with Gasteiger partial charge < -0.3 is 9.47 Å². The van der Waals surface area contributed by atoms with Gasteiger partial charge in [-0.3, -0.25) is 0 Å². The molecular formula is C13H12N2O4. The van der Waals surface area contributed by atoms with Crippen LogP contribution < -0.4 is 4.74 Å². The average Bonchev–Trinajstić information content (AvgIpc) is 2.80. The largest absolute Gasteiger partial charge is 0.464 e. The minimum absolute atomic E-state index is 0.0841. The summed E-state index contributed by atoms with van der Waals surface area (Å²) < 4.78 is 11.0. The van der Waals surface area contributed by atoms with Gasteiger partial charge in [-0.05, 0) is 12.1 Å². The number of carbonyl (C=O) groups excluding carboxylic acids is 2. The summed E-state index contributed by atoms with van der Waals surface area (Å²) in [6.07, 6.45) is 0. The zero-order chi connectivity index (χ0) is 13.8. The van der Waals surface area contributed by atoms with Gasteiger partial charge in [-0.2, -0.15) is 5.10 Å². The molecule has 2 aromatic rings. The number of benzene rings is 1. The van der Waals surface area contributed by atoms with E-state index in [1.807, 2.05) is 0 Å². The Morgan fingerprint density at radius 3 is 2.47 bits per heavy atom. The molecule has 2 rings (SSSR count). The van der Waals surface area contributed by atoms with Crippen LogP contribution in [0.4, 0.5) is 0 Å². The first-order valence-electron chi connectivity index (χ1n) is 5.51. The highest BCUT2D eigenvalue weighted by Crippen LogP contribution is 2.14. The number of aromatic nitrogens is 2. The van der Waals surface area contributed by atoms with Crippen molar-refractivity contribution in [2.45, 2.75) is 0 Å². The van der Waals surface area contributed by atoms with E-state index >= 15 is 0 Å². The standard InChI is InChI=1S/C13H12N2O4/c1-15-11(8-10(14-15)13(17)18-2)19-12(16)9-6-4-3-5-7-9/h3-8H,1-2H3. The quantitative estimate of drug-likeness (QED) is 0.781. The van der Waals surface area contributed by atoms with Gasteiger partial charge >= 0.3 is 11.9 Å². The molecular weight excluding hydrogens is 248 g/mol. The highest BCUT2D eigenvalue weighted by Gasteiger charge is 2.16. The van der Waals surface area contributed by atoms with Crippen molar-refractivity contribution in [3.63, 3.8) is 0 Å². The number of hydrogen-bond acceptors (Lipinski definition) is 5. The second-order valence-electron chi connectivity index (χ2n) is 3.74. The van der Waals surface area contributed by atoms with E-state index in [4.69, 9.17) is 4.74 Å². The van der Waals surface area contributed by atoms with Crippen LogP contribution in [0.15, 0.2) is 36.4 Å². The summed E-state index contributed by atoms with van der Waals surface area (Å²) in [6.45, 7) is 0. The first kappa shape index (κ1) is 12.8. The molecule has 0 N–H and O–H groups in total. The fraction of sp³-hybridized carbons (Fsp3) is 0.154. The van der Waals surface area contributed by atoms with Gasteiger partial charge in [0.05, 0.1) is 12.7 Å². The van der Waals surface area contributed by atoms with Crippen LogP contribution >= 0.6 is 0 Å². The van der Waals surface area contributed by atoms with Gasteiger partial charge in [-0.25, -0.2) is 14.3 Å². The van der Waals surface area contributed by atoms with Crippen molar-refractivity contribution in [3.8, 4) is 5.88 Å². The molecule has 0 aliphatic carbocycles. The molecule has 6 nitrogen and oxygen atoms in total. The molecule has 98 valence electrons. The summed E-state index contributed by atoms with van der Waals surface area (Å²) in [6, 6.07) is 9.90. The van der Waals surface area contributed by atoms with Gasteiger partial charge in [-0.15, -0.1) is 0 Å². The van der Waals surface area contributed by atoms with E-state index < -0.39 is 11.9 Å². The predicted octanol–water partition coefficient (Wildman–Crippen LogP) is 1.43. The van der Waals surface area contributed by atoms with Gasteiger partial charge in [0, 0.05) is 13.1 Å². The minimum Gasteiger partial charge on any atom is -0.464 e. The van der Waals surface area contributed by atoms with Crippen LogP contribution in [-0.4, -0.2) is 28.8 Å². The highest BCUT2D eigenvalue weighted by molar-refractivity contribution is 5.91. The second-order valence-corrected chi connectivity index (χ2v) is 3.74. The fourth-order valence-electron chi connectivity index (χ4n) is 1.48. The topological polar surface area (TPSA) is 70.4 Å². The van der Waals surface area contributed by atoms with E-state index in [1.54, 1.807) is 37.4 Å². The van der Waals surface area contributed by atoms with Crippen molar-refractivity contribution >= 4 is 11.9 Å². The van der Waals surface area contributed by atoms with Gasteiger partial charge in [0.2, 0.25) is 5.88 Å². The maximum absolute atomic E-state index is 11.8. The van der Waals surface area contributed by atoms with Gasteiger partial charge in [-0.1, -0.05) is 18.2 Å². The lowest BCUT2D eigenvalue weighted by Gasteiger charge is -2.03. The Labute approximate surface area is 109 Å². The van der Waals surface area contributed by atoms with E-state index in [0.717, 1.165) is 0 Å². The summed E-state index contributed by atoms with van der Waals surface area (Å²) in [5, 5.41) is 3.89. The number of esters is 2. The number of aryl methyl sites for hydroxylation is 1. The summed E-state index contributed by atoms with van der Waals surface area (Å²) in [5.74, 6) is -0.924. The molecule has 0 bridgehead atoms. The molecule has 0 saturated heterocycles. The van der Waals surface area contributed by atoms with Crippen molar-refractivity contribution in [3.05, 3.63) is 47.7 Å². The normalized spacial score (nSPS) is 10.0. The predicted molar refractivity (Wildman–Crippen MR) is 65.9 cm³/mol. The third-order valence-corrected chi connectivity index (χ3v) is 2.44. The monoisotopic (exact) mass is 260 g/mol. The van der Waals surface area contributed by atoms with Crippen molar-refractivity contribution in [2.24, 2.45) is 7.05 Å². The average molecular weight is 260 g/mol. The van der Waals surface area contributed by atoms with Crippen molar-refractivity contribution in [1.82, 2.24) is 9.78 Å². The van der Waals surface area contributed by atoms with E-state index in [-0.39, 0.29) is 11.6 Å². The van der Waals surface area contributed by atoms with E-state index in [9.17, 15) is 9.59 Å². The maximum atomic E-state index is 11.8. The Kier molecular flexibility index (Phi) is 3.61. The Bertz CT molecular complexity index is 604. The first-order valence-corrected chi connectivity index (χ1v) is 5.51. The molecule has 1 aromatic heterocycles. The summed E-state index contributed by atoms with van der Waals surface area (Å²) in [5.41, 5.74) is 0.504. The van der Waals surface area contributed by atoms with Crippen molar-refractivity contribution in [1.29, 1.82) is 0 Å². The van der Waals surface area contributed by atoms with Gasteiger partial charge in [0.15, 0.2) is 5.69 Å². The van der Waals surface area contributed by atoms with Crippen LogP contribution in [0.3, 0.4) is 0 Å². The van der Waals surface area contributed by atoms with E-state index in [2.05, 4.69) is 9.84 Å². The van der Waals surface area contributed by atoms with Crippen molar-refractivity contribution < 1.29 is 19.1 Å². The summed E-state index contributed by atoms with van der Waals surface area (Å²) >= 11 is 0. The number of nitrogens with zero attached hydrogens (tertiary/aromatic N) is 2. The molecule has 0 fully saturated rings. The van der Waals surface area contributed by atoms with Crippen LogP contribution in [-0.2, 0) is 11.8 Å². The molecule has 6 heteroatoms. The number of rotatable bonds is 3. The van der Waals surface area contributed by atoms with Gasteiger partial charge in [0.25, 0.3) is 0 Å². The number of carbonyl (C=O) groups is 2. The third-order valence-electron chi connectivity index (χ3n) is 2.44. The smallest absolute Gasteiger partial charge is 0.358 e. The molecule has 0 radical (unpaired) electrons. The van der Waals surface area contributed by atoms with E-state index in [0.29, 0.717) is 5.56 Å². The molecule has 19 heavy (non-hydrogen) atoms. The summed E-state index contributed by atoms with van der Waals surface area (Å²) in [4.78, 5) is 23.1. The maximum Gasteiger partial charge on any atom is 0.358 e. The molecule has 0 amide bonds. The fourth-order valence-corrected chi connectivity index (χ4v) is 1.48. The molecule has 0 aliphatic heterocycles. The second kappa shape index (κ2) is 5.34. The molecule has 0 saturated carbocycles. The lowest BCUT2D eigenvalue weighted by Crippen LogP contribution is -2.10. The Hall–Kier alpha value is -2.63. The minimum atomic E-state index is -0.586. The first-order chi connectivity index (χ1) is 9.11. The zero-order valence-corrected chi connectivity index (χ0v) is 10.5. The summed E-state index contributed by atoms with van der Waals surface area (Å²) in [7, 11) is 2.83. The van der Waals surface area contributed by atoms with Crippen LogP contribution in [0.25, 0.3) is 0 Å². The molecule has 0 unspecified atom stereocenters. The number of ether oxygens (including phenoxy) is 2. The Balaban J connectivity index is 2.18. The molecule has 0 aliphatic rings. The lowest BCUT2D eigenvalue weighted by molar-refractivity contribution is 0.0592. The highest BCUT2D eigenvalue weighted by atomic mass is 16.5. The van der Waals surface area contributed by atoms with Gasteiger partial charge in [0.1, 0.15) is 0 Å². The van der Waals surface area contributed by atoms with Crippen LogP contribution in [0.1, 0.15) is 20.8 Å². The van der Waals surface area contributed by atoms with Crippen molar-refractivity contribution in [2.75, 3.05) is 7.11 Å². The molecule has 1 heterocycles. The lowest BCUT2D eigenvalue weighted by atomic mass is 10.2. The Morgan fingerprint density at radius 1 is 1.16 bits per heavy atom. The molecule has 0 spiro atoms. The molecule has 0 atom stereocenters. The zero-order valence-electron chi connectivity index (χ0n) is 10.5. The van der Waals surface area contributed by atoms with Crippen LogP contribution in [0, 0.1) is 0 Å². The SMILES string of the molecule is COC(=O)c1cc(OC(=O)c2ccccc2)n(C)n1. The third kappa shape index (κ3) is 2.79. The van der Waals surface area contributed by atoms with E-state index in [1.165, 1.54) is 17.9 Å². The Morgan fingerprint density at radius 2 is 1.84 bits per heavy atom. The number of methoxy groups -OCH3 is 1. The van der Waals surface area contributed by atoms with Crippen LogP contribution in [0.5, 0.6) is 5.88 Å². The van der Waals surface area contributed by atoms with Crippen LogP contribution in [0.2, 0.25) is 0 Å².